The van der Waals surface area contributed by atoms with Gasteiger partial charge in [-0.25, -0.2) is 12.8 Å². The molecule has 108 valence electrons. The number of anilines is 2. The lowest BCUT2D eigenvalue weighted by atomic mass is 10.1. The number of rotatable bonds is 3. The van der Waals surface area contributed by atoms with E-state index in [1.807, 2.05) is 6.07 Å². The molecule has 2 aromatic carbocycles. The number of benzene rings is 2. The standard InChI is InChI=1S/C14H12FN3O2S/c1-9-6-12(4-2-10(9)8-16)21(19,20)18-11-3-5-13(15)14(17)7-11/h2-7,18H,17H2,1H3. The Bertz CT molecular complexity index is 842. The first-order valence-electron chi connectivity index (χ1n) is 5.92. The minimum Gasteiger partial charge on any atom is -0.396 e. The fraction of sp³-hybridized carbons (Fsp3) is 0.0714. The maximum Gasteiger partial charge on any atom is 0.261 e. The third kappa shape index (κ3) is 3.12. The first-order valence-corrected chi connectivity index (χ1v) is 7.40. The van der Waals surface area contributed by atoms with Gasteiger partial charge in [0.2, 0.25) is 0 Å². The molecule has 0 radical (unpaired) electrons. The Hall–Kier alpha value is -2.59. The monoisotopic (exact) mass is 305 g/mol. The molecule has 2 aromatic rings. The molecule has 21 heavy (non-hydrogen) atoms. The zero-order chi connectivity index (χ0) is 15.6. The Labute approximate surface area is 121 Å². The molecular formula is C14H12FN3O2S. The van der Waals surface area contributed by atoms with Crippen molar-refractivity contribution in [3.63, 3.8) is 0 Å². The highest BCUT2D eigenvalue weighted by Gasteiger charge is 2.16. The van der Waals surface area contributed by atoms with Gasteiger partial charge in [0.25, 0.3) is 10.0 Å². The fourth-order valence-electron chi connectivity index (χ4n) is 1.75. The molecule has 0 heterocycles. The van der Waals surface area contributed by atoms with E-state index in [1.165, 1.54) is 30.3 Å². The van der Waals surface area contributed by atoms with Gasteiger partial charge in [0, 0.05) is 0 Å². The van der Waals surface area contributed by atoms with Gasteiger partial charge < -0.3 is 5.73 Å². The summed E-state index contributed by atoms with van der Waals surface area (Å²) in [5.74, 6) is -0.618. The van der Waals surface area contributed by atoms with Crippen LogP contribution in [0.1, 0.15) is 11.1 Å². The summed E-state index contributed by atoms with van der Waals surface area (Å²) >= 11 is 0. The fourth-order valence-corrected chi connectivity index (χ4v) is 2.88. The second kappa shape index (κ2) is 5.42. The van der Waals surface area contributed by atoms with Crippen LogP contribution in [0.15, 0.2) is 41.3 Å². The molecule has 0 spiro atoms. The molecule has 7 heteroatoms. The van der Waals surface area contributed by atoms with Crippen LogP contribution in [0.5, 0.6) is 0 Å². The van der Waals surface area contributed by atoms with Gasteiger partial charge >= 0.3 is 0 Å². The Kier molecular flexibility index (Phi) is 3.82. The highest BCUT2D eigenvalue weighted by Crippen LogP contribution is 2.21. The van der Waals surface area contributed by atoms with Crippen molar-refractivity contribution < 1.29 is 12.8 Å². The van der Waals surface area contributed by atoms with Gasteiger partial charge in [-0.1, -0.05) is 0 Å². The molecule has 0 aliphatic rings. The number of hydrogen-bond donors (Lipinski definition) is 2. The van der Waals surface area contributed by atoms with Crippen molar-refractivity contribution in [3.8, 4) is 6.07 Å². The molecule has 0 aromatic heterocycles. The Morgan fingerprint density at radius 2 is 1.95 bits per heavy atom. The van der Waals surface area contributed by atoms with Crippen molar-refractivity contribution in [3.05, 3.63) is 53.3 Å². The summed E-state index contributed by atoms with van der Waals surface area (Å²) in [6.45, 7) is 1.65. The van der Waals surface area contributed by atoms with Crippen LogP contribution in [-0.4, -0.2) is 8.42 Å². The molecule has 5 nitrogen and oxygen atoms in total. The summed E-state index contributed by atoms with van der Waals surface area (Å²) in [4.78, 5) is 0.0156. The van der Waals surface area contributed by atoms with E-state index in [0.717, 1.165) is 6.07 Å². The Morgan fingerprint density at radius 3 is 2.52 bits per heavy atom. The lowest BCUT2D eigenvalue weighted by Gasteiger charge is -2.10. The number of nitrogens with one attached hydrogen (secondary N) is 1. The van der Waals surface area contributed by atoms with Gasteiger partial charge in [-0.15, -0.1) is 0 Å². The van der Waals surface area contributed by atoms with Crippen LogP contribution in [0, 0.1) is 24.1 Å². The van der Waals surface area contributed by atoms with E-state index in [9.17, 15) is 12.8 Å². The number of nitrogen functional groups attached to an aromatic ring is 1. The molecule has 0 atom stereocenters. The number of hydrogen-bond acceptors (Lipinski definition) is 4. The third-order valence-corrected chi connectivity index (χ3v) is 4.26. The number of aryl methyl sites for hydroxylation is 1. The van der Waals surface area contributed by atoms with Crippen LogP contribution >= 0.6 is 0 Å². The molecule has 0 saturated carbocycles. The average Bonchev–Trinajstić information content (AvgIpc) is 2.42. The Balaban J connectivity index is 2.36. The lowest BCUT2D eigenvalue weighted by Crippen LogP contribution is -2.13. The van der Waals surface area contributed by atoms with Crippen molar-refractivity contribution in [1.82, 2.24) is 0 Å². The van der Waals surface area contributed by atoms with Crippen LogP contribution in [-0.2, 0) is 10.0 Å². The van der Waals surface area contributed by atoms with Gasteiger partial charge in [-0.05, 0) is 48.9 Å². The lowest BCUT2D eigenvalue weighted by molar-refractivity contribution is 0.601. The largest absolute Gasteiger partial charge is 0.396 e. The first-order chi connectivity index (χ1) is 9.83. The molecule has 2 rings (SSSR count). The van der Waals surface area contributed by atoms with E-state index in [2.05, 4.69) is 4.72 Å². The van der Waals surface area contributed by atoms with E-state index in [0.29, 0.717) is 11.1 Å². The number of sulfonamides is 1. The molecule has 0 aliphatic heterocycles. The summed E-state index contributed by atoms with van der Waals surface area (Å²) in [6, 6.07) is 9.68. The third-order valence-electron chi connectivity index (χ3n) is 2.88. The Morgan fingerprint density at radius 1 is 1.24 bits per heavy atom. The minimum absolute atomic E-state index is 0.0156. The van der Waals surface area contributed by atoms with Gasteiger partial charge in [-0.2, -0.15) is 5.26 Å². The second-order valence-electron chi connectivity index (χ2n) is 4.43. The van der Waals surface area contributed by atoms with E-state index in [-0.39, 0.29) is 16.3 Å². The second-order valence-corrected chi connectivity index (χ2v) is 6.11. The smallest absolute Gasteiger partial charge is 0.261 e. The predicted molar refractivity (Wildman–Crippen MR) is 77.5 cm³/mol. The average molecular weight is 305 g/mol. The van der Waals surface area contributed by atoms with Crippen molar-refractivity contribution in [2.45, 2.75) is 11.8 Å². The van der Waals surface area contributed by atoms with E-state index in [4.69, 9.17) is 11.0 Å². The van der Waals surface area contributed by atoms with E-state index >= 15 is 0 Å². The van der Waals surface area contributed by atoms with Gasteiger partial charge in [0.15, 0.2) is 0 Å². The summed E-state index contributed by atoms with van der Waals surface area (Å²) < 4.78 is 39.8. The van der Waals surface area contributed by atoms with Crippen molar-refractivity contribution in [2.75, 3.05) is 10.5 Å². The highest BCUT2D eigenvalue weighted by molar-refractivity contribution is 7.92. The molecule has 0 unspecified atom stereocenters. The zero-order valence-corrected chi connectivity index (χ0v) is 11.9. The molecule has 0 amide bonds. The molecule has 0 aliphatic carbocycles. The van der Waals surface area contributed by atoms with Crippen molar-refractivity contribution in [1.29, 1.82) is 5.26 Å². The molecule has 3 N–H and O–H groups in total. The van der Waals surface area contributed by atoms with Crippen LogP contribution < -0.4 is 10.5 Å². The summed E-state index contributed by atoms with van der Waals surface area (Å²) in [6.07, 6.45) is 0. The number of nitrogens with two attached hydrogens (primary N) is 1. The van der Waals surface area contributed by atoms with Crippen LogP contribution in [0.4, 0.5) is 15.8 Å². The normalized spacial score (nSPS) is 10.9. The van der Waals surface area contributed by atoms with E-state index < -0.39 is 15.8 Å². The number of nitriles is 1. The van der Waals surface area contributed by atoms with E-state index in [1.54, 1.807) is 6.92 Å². The maximum absolute atomic E-state index is 13.1. The minimum atomic E-state index is -3.83. The quantitative estimate of drug-likeness (QED) is 0.851. The summed E-state index contributed by atoms with van der Waals surface area (Å²) in [5, 5.41) is 8.84. The SMILES string of the molecule is Cc1cc(S(=O)(=O)Nc2ccc(F)c(N)c2)ccc1C#N. The summed E-state index contributed by atoms with van der Waals surface area (Å²) in [7, 11) is -3.83. The number of nitrogens with zero attached hydrogens (tertiary/aromatic N) is 1. The zero-order valence-electron chi connectivity index (χ0n) is 11.1. The molecular weight excluding hydrogens is 293 g/mol. The van der Waals surface area contributed by atoms with Crippen LogP contribution in [0.3, 0.4) is 0 Å². The van der Waals surface area contributed by atoms with Crippen LogP contribution in [0.2, 0.25) is 0 Å². The predicted octanol–water partition coefficient (Wildman–Crippen LogP) is 2.39. The van der Waals surface area contributed by atoms with Gasteiger partial charge in [0.05, 0.1) is 27.9 Å². The van der Waals surface area contributed by atoms with Crippen LogP contribution in [0.25, 0.3) is 0 Å². The molecule has 0 fully saturated rings. The topological polar surface area (TPSA) is 96.0 Å². The van der Waals surface area contributed by atoms with Gasteiger partial charge in [0.1, 0.15) is 5.82 Å². The van der Waals surface area contributed by atoms with Crippen molar-refractivity contribution in [2.24, 2.45) is 0 Å². The van der Waals surface area contributed by atoms with Crippen molar-refractivity contribution >= 4 is 21.4 Å². The highest BCUT2D eigenvalue weighted by atomic mass is 32.2. The summed E-state index contributed by atoms with van der Waals surface area (Å²) in [5.41, 5.74) is 6.37. The maximum atomic E-state index is 13.1. The molecule has 0 bridgehead atoms. The molecule has 0 saturated heterocycles. The number of halogens is 1. The first kappa shape index (κ1) is 14.8. The van der Waals surface area contributed by atoms with Gasteiger partial charge in [-0.3, -0.25) is 4.72 Å².